The van der Waals surface area contributed by atoms with Crippen LogP contribution < -0.4 is 4.74 Å². The predicted molar refractivity (Wildman–Crippen MR) is 81.0 cm³/mol. The van der Waals surface area contributed by atoms with Crippen LogP contribution in [0.15, 0.2) is 78.9 Å². The molecule has 20 heavy (non-hydrogen) atoms. The second kappa shape index (κ2) is 6.07. The van der Waals surface area contributed by atoms with Crippen molar-refractivity contribution in [3.05, 3.63) is 96.1 Å². The number of benzene rings is 3. The molecule has 0 heterocycles. The molecular weight excluding hydrogens is 244 g/mol. The quantitative estimate of drug-likeness (QED) is 0.649. The SMILES string of the molecule is [c]1ccc(Cc2cccc(Oc3ccccc3)c2)cc1. The van der Waals surface area contributed by atoms with Gasteiger partial charge < -0.3 is 4.74 Å². The van der Waals surface area contributed by atoms with E-state index in [-0.39, 0.29) is 0 Å². The van der Waals surface area contributed by atoms with Crippen LogP contribution in [0, 0.1) is 6.07 Å². The van der Waals surface area contributed by atoms with Crippen molar-refractivity contribution in [3.8, 4) is 11.5 Å². The minimum Gasteiger partial charge on any atom is -0.457 e. The summed E-state index contributed by atoms with van der Waals surface area (Å²) < 4.78 is 5.85. The van der Waals surface area contributed by atoms with Gasteiger partial charge in [0.05, 0.1) is 0 Å². The predicted octanol–water partition coefficient (Wildman–Crippen LogP) is 4.87. The Kier molecular flexibility index (Phi) is 3.79. The third-order valence-electron chi connectivity index (χ3n) is 3.07. The van der Waals surface area contributed by atoms with Gasteiger partial charge in [0.15, 0.2) is 0 Å². The lowest BCUT2D eigenvalue weighted by Crippen LogP contribution is -1.89. The van der Waals surface area contributed by atoms with E-state index in [1.54, 1.807) is 0 Å². The largest absolute Gasteiger partial charge is 0.457 e. The molecule has 0 amide bonds. The number of ether oxygens (including phenoxy) is 1. The van der Waals surface area contributed by atoms with E-state index in [4.69, 9.17) is 4.74 Å². The number of para-hydroxylation sites is 1. The van der Waals surface area contributed by atoms with Crippen LogP contribution in [0.4, 0.5) is 0 Å². The van der Waals surface area contributed by atoms with E-state index in [1.165, 1.54) is 11.1 Å². The summed E-state index contributed by atoms with van der Waals surface area (Å²) in [5.41, 5.74) is 2.52. The standard InChI is InChI=1S/C19H15O/c1-3-8-16(9-4-1)14-17-10-7-13-19(15-17)20-18-11-5-2-6-12-18/h2-13,15H,14H2. The Labute approximate surface area is 119 Å². The average molecular weight is 259 g/mol. The first-order chi connectivity index (χ1) is 9.90. The summed E-state index contributed by atoms with van der Waals surface area (Å²) in [4.78, 5) is 0. The lowest BCUT2D eigenvalue weighted by Gasteiger charge is -2.07. The van der Waals surface area contributed by atoms with Gasteiger partial charge in [0.1, 0.15) is 11.5 Å². The number of hydrogen-bond acceptors (Lipinski definition) is 1. The average Bonchev–Trinajstić information content (AvgIpc) is 2.50. The molecule has 97 valence electrons. The van der Waals surface area contributed by atoms with Gasteiger partial charge in [-0.1, -0.05) is 54.6 Å². The summed E-state index contributed by atoms with van der Waals surface area (Å²) in [5, 5.41) is 0. The van der Waals surface area contributed by atoms with Gasteiger partial charge in [0.25, 0.3) is 0 Å². The molecule has 0 unspecified atom stereocenters. The van der Waals surface area contributed by atoms with Crippen LogP contribution in [-0.4, -0.2) is 0 Å². The third kappa shape index (κ3) is 3.27. The molecule has 0 N–H and O–H groups in total. The molecule has 3 aromatic rings. The first-order valence-electron chi connectivity index (χ1n) is 6.67. The maximum Gasteiger partial charge on any atom is 0.127 e. The molecule has 0 aliphatic carbocycles. The van der Waals surface area contributed by atoms with Crippen molar-refractivity contribution < 1.29 is 4.74 Å². The van der Waals surface area contributed by atoms with Gasteiger partial charge in [0, 0.05) is 0 Å². The Bertz CT molecular complexity index is 603. The van der Waals surface area contributed by atoms with E-state index in [1.807, 2.05) is 54.6 Å². The lowest BCUT2D eigenvalue weighted by atomic mass is 10.1. The van der Waals surface area contributed by atoms with Crippen LogP contribution in [0.2, 0.25) is 0 Å². The molecule has 0 fully saturated rings. The molecule has 0 aliphatic rings. The zero-order valence-electron chi connectivity index (χ0n) is 11.1. The van der Waals surface area contributed by atoms with Gasteiger partial charge in [-0.05, 0) is 47.9 Å². The van der Waals surface area contributed by atoms with Gasteiger partial charge in [-0.25, -0.2) is 0 Å². The zero-order chi connectivity index (χ0) is 13.6. The van der Waals surface area contributed by atoms with Crippen molar-refractivity contribution in [2.45, 2.75) is 6.42 Å². The van der Waals surface area contributed by atoms with Crippen molar-refractivity contribution in [1.82, 2.24) is 0 Å². The van der Waals surface area contributed by atoms with Crippen LogP contribution in [0.3, 0.4) is 0 Å². The Balaban J connectivity index is 1.76. The summed E-state index contributed by atoms with van der Waals surface area (Å²) in [6.45, 7) is 0. The maximum atomic E-state index is 5.85. The van der Waals surface area contributed by atoms with Gasteiger partial charge in [0.2, 0.25) is 0 Å². The molecule has 1 radical (unpaired) electrons. The van der Waals surface area contributed by atoms with Gasteiger partial charge >= 0.3 is 0 Å². The van der Waals surface area contributed by atoms with Crippen LogP contribution in [-0.2, 0) is 6.42 Å². The molecule has 1 heteroatoms. The Morgan fingerprint density at radius 2 is 1.45 bits per heavy atom. The molecule has 0 atom stereocenters. The first-order valence-corrected chi connectivity index (χ1v) is 6.67. The van der Waals surface area contributed by atoms with Crippen molar-refractivity contribution in [1.29, 1.82) is 0 Å². The fraction of sp³-hybridized carbons (Fsp3) is 0.0526. The highest BCUT2D eigenvalue weighted by molar-refractivity contribution is 5.36. The minimum absolute atomic E-state index is 0.860. The second-order valence-corrected chi connectivity index (χ2v) is 4.65. The highest BCUT2D eigenvalue weighted by atomic mass is 16.5. The summed E-state index contributed by atoms with van der Waals surface area (Å²) in [6.07, 6.45) is 0.903. The van der Waals surface area contributed by atoms with E-state index in [9.17, 15) is 0 Å². The highest BCUT2D eigenvalue weighted by Gasteiger charge is 2.00. The molecule has 0 aliphatic heterocycles. The van der Waals surface area contributed by atoms with E-state index in [0.717, 1.165) is 17.9 Å². The molecule has 1 nitrogen and oxygen atoms in total. The Morgan fingerprint density at radius 3 is 2.25 bits per heavy atom. The first kappa shape index (κ1) is 12.5. The molecule has 0 bridgehead atoms. The number of hydrogen-bond donors (Lipinski definition) is 0. The molecule has 0 spiro atoms. The second-order valence-electron chi connectivity index (χ2n) is 4.65. The fourth-order valence-electron chi connectivity index (χ4n) is 2.12. The minimum atomic E-state index is 0.860. The normalized spacial score (nSPS) is 10.2. The van der Waals surface area contributed by atoms with Crippen molar-refractivity contribution >= 4 is 0 Å². The van der Waals surface area contributed by atoms with Crippen LogP contribution >= 0.6 is 0 Å². The van der Waals surface area contributed by atoms with E-state index >= 15 is 0 Å². The van der Waals surface area contributed by atoms with Gasteiger partial charge in [-0.3, -0.25) is 0 Å². The van der Waals surface area contributed by atoms with Crippen LogP contribution in [0.5, 0.6) is 11.5 Å². The summed E-state index contributed by atoms with van der Waals surface area (Å²) in [5.74, 6) is 1.73. The molecular formula is C19H15O. The molecule has 0 saturated carbocycles. The summed E-state index contributed by atoms with van der Waals surface area (Å²) in [7, 11) is 0. The Morgan fingerprint density at radius 1 is 0.700 bits per heavy atom. The maximum absolute atomic E-state index is 5.85. The van der Waals surface area contributed by atoms with Crippen LogP contribution in [0.1, 0.15) is 11.1 Å². The Hall–Kier alpha value is -2.54. The number of rotatable bonds is 4. The molecule has 3 rings (SSSR count). The van der Waals surface area contributed by atoms with Crippen molar-refractivity contribution in [3.63, 3.8) is 0 Å². The van der Waals surface area contributed by atoms with Crippen molar-refractivity contribution in [2.24, 2.45) is 0 Å². The third-order valence-corrected chi connectivity index (χ3v) is 3.07. The smallest absolute Gasteiger partial charge is 0.127 e. The monoisotopic (exact) mass is 259 g/mol. The molecule has 0 saturated heterocycles. The van der Waals surface area contributed by atoms with E-state index in [2.05, 4.69) is 30.3 Å². The highest BCUT2D eigenvalue weighted by Crippen LogP contribution is 2.22. The summed E-state index contributed by atoms with van der Waals surface area (Å²) in [6, 6.07) is 29.2. The fourth-order valence-corrected chi connectivity index (χ4v) is 2.12. The topological polar surface area (TPSA) is 9.23 Å². The zero-order valence-corrected chi connectivity index (χ0v) is 11.1. The van der Waals surface area contributed by atoms with E-state index in [0.29, 0.717) is 0 Å². The van der Waals surface area contributed by atoms with Gasteiger partial charge in [-0.2, -0.15) is 0 Å². The lowest BCUT2D eigenvalue weighted by molar-refractivity contribution is 0.482. The van der Waals surface area contributed by atoms with Crippen molar-refractivity contribution in [2.75, 3.05) is 0 Å². The van der Waals surface area contributed by atoms with E-state index < -0.39 is 0 Å². The summed E-state index contributed by atoms with van der Waals surface area (Å²) >= 11 is 0. The molecule has 3 aromatic carbocycles. The molecule has 0 aromatic heterocycles. The van der Waals surface area contributed by atoms with Gasteiger partial charge in [-0.15, -0.1) is 0 Å². The van der Waals surface area contributed by atoms with Crippen LogP contribution in [0.25, 0.3) is 0 Å².